The van der Waals surface area contributed by atoms with E-state index < -0.39 is 0 Å². The number of hydrogen-bond acceptors (Lipinski definition) is 2. The Balaban J connectivity index is 1.35. The molecule has 6 unspecified atom stereocenters. The molecule has 3 fully saturated rings. The standard InChI is InChI=1S/C19H25NO/c21-19-6-2-5-14-15(19)7-8-17(14)20-18-10-11-9-16(18)13-4-1-3-12(11)13/h2,5-6,11-13,16-18,20-21H,1,3-4,7-10H2. The second-order valence-electron chi connectivity index (χ2n) is 7.86. The SMILES string of the molecule is Oc1cccc2c1CCC2NC1CC2CC1C1CCCC21. The van der Waals surface area contributed by atoms with Gasteiger partial charge in [-0.25, -0.2) is 0 Å². The van der Waals surface area contributed by atoms with E-state index in [1.165, 1.54) is 43.2 Å². The average Bonchev–Trinajstić information content (AvgIpc) is 3.19. The molecule has 6 atom stereocenters. The number of rotatable bonds is 2. The minimum atomic E-state index is 0.483. The van der Waals surface area contributed by atoms with Crippen LogP contribution in [0.25, 0.3) is 0 Å². The van der Waals surface area contributed by atoms with E-state index in [-0.39, 0.29) is 0 Å². The van der Waals surface area contributed by atoms with Crippen molar-refractivity contribution >= 4 is 0 Å². The third-order valence-corrected chi connectivity index (χ3v) is 7.09. The summed E-state index contributed by atoms with van der Waals surface area (Å²) in [5.41, 5.74) is 2.55. The predicted molar refractivity (Wildman–Crippen MR) is 83.1 cm³/mol. The van der Waals surface area contributed by atoms with Gasteiger partial charge in [-0.15, -0.1) is 0 Å². The number of hydrogen-bond donors (Lipinski definition) is 2. The monoisotopic (exact) mass is 283 g/mol. The van der Waals surface area contributed by atoms with Crippen LogP contribution in [0.2, 0.25) is 0 Å². The zero-order valence-electron chi connectivity index (χ0n) is 12.6. The Morgan fingerprint density at radius 3 is 2.86 bits per heavy atom. The van der Waals surface area contributed by atoms with Crippen molar-refractivity contribution in [3.63, 3.8) is 0 Å². The van der Waals surface area contributed by atoms with Gasteiger partial charge in [0.1, 0.15) is 5.75 Å². The molecule has 0 radical (unpaired) electrons. The fraction of sp³-hybridized carbons (Fsp3) is 0.684. The minimum absolute atomic E-state index is 0.483. The molecule has 0 amide bonds. The van der Waals surface area contributed by atoms with Crippen molar-refractivity contribution in [3.8, 4) is 5.75 Å². The van der Waals surface area contributed by atoms with E-state index in [9.17, 15) is 5.11 Å². The Bertz CT molecular complexity index is 569. The van der Waals surface area contributed by atoms with Gasteiger partial charge in [-0.2, -0.15) is 0 Å². The van der Waals surface area contributed by atoms with Gasteiger partial charge in [0.05, 0.1) is 0 Å². The zero-order chi connectivity index (χ0) is 14.0. The number of phenols is 1. The van der Waals surface area contributed by atoms with Crippen LogP contribution in [0.4, 0.5) is 0 Å². The smallest absolute Gasteiger partial charge is 0.119 e. The molecule has 4 aliphatic rings. The molecular formula is C19H25NO. The van der Waals surface area contributed by atoms with E-state index in [0.717, 1.165) is 42.6 Å². The molecule has 112 valence electrons. The van der Waals surface area contributed by atoms with Crippen LogP contribution in [0.3, 0.4) is 0 Å². The van der Waals surface area contributed by atoms with E-state index in [1.807, 2.05) is 12.1 Å². The first-order valence-corrected chi connectivity index (χ1v) is 8.88. The first-order chi connectivity index (χ1) is 10.3. The van der Waals surface area contributed by atoms with Crippen molar-refractivity contribution in [2.24, 2.45) is 23.7 Å². The molecule has 5 rings (SSSR count). The summed E-state index contributed by atoms with van der Waals surface area (Å²) in [5, 5.41) is 14.0. The number of fused-ring (bicyclic) bond motifs is 6. The summed E-state index contributed by atoms with van der Waals surface area (Å²) in [5.74, 6) is 4.58. The fourth-order valence-corrected chi connectivity index (χ4v) is 6.33. The zero-order valence-corrected chi connectivity index (χ0v) is 12.6. The van der Waals surface area contributed by atoms with E-state index in [4.69, 9.17) is 0 Å². The maximum Gasteiger partial charge on any atom is 0.119 e. The summed E-state index contributed by atoms with van der Waals surface area (Å²) in [6, 6.07) is 7.28. The quantitative estimate of drug-likeness (QED) is 0.865. The third kappa shape index (κ3) is 1.75. The second kappa shape index (κ2) is 4.49. The highest BCUT2D eigenvalue weighted by atomic mass is 16.3. The molecule has 2 nitrogen and oxygen atoms in total. The Kier molecular flexibility index (Phi) is 2.67. The van der Waals surface area contributed by atoms with Crippen LogP contribution in [0, 0.1) is 23.7 Å². The van der Waals surface area contributed by atoms with Crippen molar-refractivity contribution in [1.29, 1.82) is 0 Å². The van der Waals surface area contributed by atoms with Gasteiger partial charge in [-0.05, 0) is 79.4 Å². The van der Waals surface area contributed by atoms with Gasteiger partial charge in [0.25, 0.3) is 0 Å². The highest BCUT2D eigenvalue weighted by Gasteiger charge is 2.54. The van der Waals surface area contributed by atoms with E-state index in [2.05, 4.69) is 11.4 Å². The van der Waals surface area contributed by atoms with Crippen LogP contribution in [-0.4, -0.2) is 11.1 Å². The second-order valence-corrected chi connectivity index (χ2v) is 7.86. The van der Waals surface area contributed by atoms with Crippen molar-refractivity contribution in [2.75, 3.05) is 0 Å². The molecule has 2 bridgehead atoms. The summed E-state index contributed by atoms with van der Waals surface area (Å²) >= 11 is 0. The van der Waals surface area contributed by atoms with Gasteiger partial charge in [0, 0.05) is 12.1 Å². The maximum absolute atomic E-state index is 10.0. The van der Waals surface area contributed by atoms with Crippen molar-refractivity contribution in [2.45, 2.75) is 57.0 Å². The lowest BCUT2D eigenvalue weighted by Gasteiger charge is -2.34. The number of nitrogens with one attached hydrogen (secondary N) is 1. The molecule has 0 aliphatic heterocycles. The Morgan fingerprint density at radius 1 is 1.00 bits per heavy atom. The number of benzene rings is 1. The molecule has 2 N–H and O–H groups in total. The highest BCUT2D eigenvalue weighted by molar-refractivity contribution is 5.44. The van der Waals surface area contributed by atoms with Crippen LogP contribution >= 0.6 is 0 Å². The Labute approximate surface area is 126 Å². The van der Waals surface area contributed by atoms with Gasteiger partial charge < -0.3 is 10.4 Å². The number of aromatic hydroxyl groups is 1. The van der Waals surface area contributed by atoms with Gasteiger partial charge >= 0.3 is 0 Å². The minimum Gasteiger partial charge on any atom is -0.508 e. The van der Waals surface area contributed by atoms with E-state index >= 15 is 0 Å². The largest absolute Gasteiger partial charge is 0.508 e. The highest BCUT2D eigenvalue weighted by Crippen LogP contribution is 2.59. The van der Waals surface area contributed by atoms with Gasteiger partial charge in [0.15, 0.2) is 0 Å². The van der Waals surface area contributed by atoms with Crippen molar-refractivity contribution in [3.05, 3.63) is 29.3 Å². The molecule has 3 saturated carbocycles. The van der Waals surface area contributed by atoms with Gasteiger partial charge in [-0.3, -0.25) is 0 Å². The molecule has 0 spiro atoms. The number of phenolic OH excluding ortho intramolecular Hbond substituents is 1. The summed E-state index contributed by atoms with van der Waals surface area (Å²) in [7, 11) is 0. The molecule has 0 heterocycles. The lowest BCUT2D eigenvalue weighted by Crippen LogP contribution is -2.40. The lowest BCUT2D eigenvalue weighted by atomic mass is 9.79. The van der Waals surface area contributed by atoms with Gasteiger partial charge in [0.2, 0.25) is 0 Å². The lowest BCUT2D eigenvalue weighted by molar-refractivity contribution is 0.197. The van der Waals surface area contributed by atoms with Crippen LogP contribution in [0.5, 0.6) is 5.75 Å². The van der Waals surface area contributed by atoms with Crippen LogP contribution in [0.15, 0.2) is 18.2 Å². The van der Waals surface area contributed by atoms with Crippen molar-refractivity contribution < 1.29 is 5.11 Å². The fourth-order valence-electron chi connectivity index (χ4n) is 6.33. The summed E-state index contributed by atoms with van der Waals surface area (Å²) in [6.45, 7) is 0. The summed E-state index contributed by atoms with van der Waals surface area (Å²) in [6.07, 6.45) is 9.59. The van der Waals surface area contributed by atoms with Gasteiger partial charge in [-0.1, -0.05) is 18.6 Å². The third-order valence-electron chi connectivity index (χ3n) is 7.09. The molecule has 1 aromatic carbocycles. The maximum atomic E-state index is 10.0. The molecule has 0 aromatic heterocycles. The average molecular weight is 283 g/mol. The van der Waals surface area contributed by atoms with E-state index in [0.29, 0.717) is 11.8 Å². The summed E-state index contributed by atoms with van der Waals surface area (Å²) in [4.78, 5) is 0. The Hall–Kier alpha value is -1.02. The van der Waals surface area contributed by atoms with E-state index in [1.54, 1.807) is 0 Å². The molecule has 4 aliphatic carbocycles. The molecule has 0 saturated heterocycles. The normalized spacial score (nSPS) is 43.2. The van der Waals surface area contributed by atoms with Crippen LogP contribution < -0.4 is 5.32 Å². The van der Waals surface area contributed by atoms with Crippen LogP contribution in [0.1, 0.15) is 55.7 Å². The molecule has 1 aromatic rings. The van der Waals surface area contributed by atoms with Crippen molar-refractivity contribution in [1.82, 2.24) is 5.32 Å². The molecule has 2 heteroatoms. The molecular weight excluding hydrogens is 258 g/mol. The first-order valence-electron chi connectivity index (χ1n) is 8.88. The summed E-state index contributed by atoms with van der Waals surface area (Å²) < 4.78 is 0. The molecule has 21 heavy (non-hydrogen) atoms. The topological polar surface area (TPSA) is 32.3 Å². The predicted octanol–water partition coefficient (Wildman–Crippen LogP) is 3.79. The van der Waals surface area contributed by atoms with Crippen LogP contribution in [-0.2, 0) is 6.42 Å². The first kappa shape index (κ1) is 12.5. The Morgan fingerprint density at radius 2 is 1.90 bits per heavy atom.